The summed E-state index contributed by atoms with van der Waals surface area (Å²) in [6.07, 6.45) is 0.805. The third-order valence-electron chi connectivity index (χ3n) is 3.07. The predicted octanol–water partition coefficient (Wildman–Crippen LogP) is 2.26. The third-order valence-corrected chi connectivity index (χ3v) is 4.14. The number of nitrogen functional groups attached to an aromatic ring is 1. The Morgan fingerprint density at radius 2 is 2.24 bits per heavy atom. The highest BCUT2D eigenvalue weighted by Crippen LogP contribution is 2.34. The molecule has 1 heterocycles. The Hall–Kier alpha value is -2.52. The summed E-state index contributed by atoms with van der Waals surface area (Å²) in [6, 6.07) is 10.2. The molecule has 2 rings (SSSR count). The van der Waals surface area contributed by atoms with Gasteiger partial charge in [-0.1, -0.05) is 29.8 Å². The van der Waals surface area contributed by atoms with Gasteiger partial charge in [-0.25, -0.2) is 0 Å². The lowest BCUT2D eigenvalue weighted by Gasteiger charge is -2.06. The van der Waals surface area contributed by atoms with Gasteiger partial charge in [-0.2, -0.15) is 5.26 Å². The van der Waals surface area contributed by atoms with Crippen molar-refractivity contribution in [3.8, 4) is 6.07 Å². The van der Waals surface area contributed by atoms with E-state index < -0.39 is 5.91 Å². The van der Waals surface area contributed by atoms with E-state index in [4.69, 9.17) is 16.7 Å². The molecule has 0 aliphatic carbocycles. The molecule has 5 nitrogen and oxygen atoms in total. The normalized spacial score (nSPS) is 10.1. The van der Waals surface area contributed by atoms with Crippen LogP contribution in [0.5, 0.6) is 0 Å². The summed E-state index contributed by atoms with van der Waals surface area (Å²) in [4.78, 5) is 11.8. The summed E-state index contributed by atoms with van der Waals surface area (Å²) >= 11 is 1.15. The lowest BCUT2D eigenvalue weighted by atomic mass is 10.1. The van der Waals surface area contributed by atoms with Gasteiger partial charge in [0.1, 0.15) is 15.9 Å². The van der Waals surface area contributed by atoms with Gasteiger partial charge in [0.2, 0.25) is 0 Å². The fourth-order valence-electron chi connectivity index (χ4n) is 2.08. The molecule has 0 unspecified atom stereocenters. The van der Waals surface area contributed by atoms with Gasteiger partial charge < -0.3 is 16.8 Å². The van der Waals surface area contributed by atoms with Crippen LogP contribution in [0.2, 0.25) is 0 Å². The molecule has 1 aromatic carbocycles. The van der Waals surface area contributed by atoms with Crippen molar-refractivity contribution in [2.45, 2.75) is 13.3 Å². The molecule has 0 aliphatic heterocycles. The molecular formula is C15H16N4OS. The van der Waals surface area contributed by atoms with Crippen LogP contribution in [0, 0.1) is 18.3 Å². The SMILES string of the molecule is Cc1cccc(CCNc2sc(C#N)c(N)c2C(N)=O)c1. The van der Waals surface area contributed by atoms with E-state index >= 15 is 0 Å². The summed E-state index contributed by atoms with van der Waals surface area (Å²) in [7, 11) is 0. The molecule has 0 saturated carbocycles. The molecule has 0 spiro atoms. The number of anilines is 2. The van der Waals surface area contributed by atoms with Crippen molar-refractivity contribution in [1.82, 2.24) is 0 Å². The van der Waals surface area contributed by atoms with E-state index in [1.807, 2.05) is 31.2 Å². The Morgan fingerprint density at radius 3 is 2.86 bits per heavy atom. The smallest absolute Gasteiger partial charge is 0.253 e. The monoisotopic (exact) mass is 300 g/mol. The van der Waals surface area contributed by atoms with Crippen LogP contribution >= 0.6 is 11.3 Å². The molecule has 6 heteroatoms. The number of rotatable bonds is 5. The molecule has 2 aromatic rings. The Labute approximate surface area is 127 Å². The fourth-order valence-corrected chi connectivity index (χ4v) is 3.03. The van der Waals surface area contributed by atoms with E-state index in [2.05, 4.69) is 11.4 Å². The number of carbonyl (C=O) groups is 1. The topological polar surface area (TPSA) is 105 Å². The quantitative estimate of drug-likeness (QED) is 0.787. The van der Waals surface area contributed by atoms with Crippen molar-refractivity contribution in [3.63, 3.8) is 0 Å². The standard InChI is InChI=1S/C15H16N4OS/c1-9-3-2-4-10(7-9)5-6-19-15-12(14(18)20)13(17)11(8-16)21-15/h2-4,7,19H,5-6,17H2,1H3,(H2,18,20). The number of benzene rings is 1. The van der Waals surface area contributed by atoms with Gasteiger partial charge in [-0.05, 0) is 18.9 Å². The maximum absolute atomic E-state index is 11.4. The molecule has 1 amide bonds. The van der Waals surface area contributed by atoms with Gasteiger partial charge in [0.15, 0.2) is 0 Å². The van der Waals surface area contributed by atoms with Crippen LogP contribution in [0.3, 0.4) is 0 Å². The number of amides is 1. The first-order valence-electron chi connectivity index (χ1n) is 6.44. The molecule has 0 fully saturated rings. The van der Waals surface area contributed by atoms with Gasteiger partial charge in [0.05, 0.1) is 11.3 Å². The third kappa shape index (κ3) is 3.33. The van der Waals surface area contributed by atoms with Gasteiger partial charge in [-0.15, -0.1) is 11.3 Å². The van der Waals surface area contributed by atoms with E-state index in [1.165, 1.54) is 11.1 Å². The van der Waals surface area contributed by atoms with Crippen LogP contribution in [0.25, 0.3) is 0 Å². The second-order valence-electron chi connectivity index (χ2n) is 4.69. The van der Waals surface area contributed by atoms with Gasteiger partial charge in [-0.3, -0.25) is 4.79 Å². The Morgan fingerprint density at radius 1 is 1.48 bits per heavy atom. The Balaban J connectivity index is 2.10. The second-order valence-corrected chi connectivity index (χ2v) is 5.71. The molecule has 0 bridgehead atoms. The molecule has 0 aliphatic rings. The number of hydrogen-bond donors (Lipinski definition) is 3. The van der Waals surface area contributed by atoms with E-state index in [0.29, 0.717) is 16.4 Å². The molecule has 5 N–H and O–H groups in total. The van der Waals surface area contributed by atoms with Crippen LogP contribution in [0.4, 0.5) is 10.7 Å². The summed E-state index contributed by atoms with van der Waals surface area (Å²) < 4.78 is 0. The molecule has 1 aromatic heterocycles. The van der Waals surface area contributed by atoms with Crippen molar-refractivity contribution in [3.05, 3.63) is 45.8 Å². The number of nitrogens with two attached hydrogens (primary N) is 2. The zero-order valence-corrected chi connectivity index (χ0v) is 12.5. The van der Waals surface area contributed by atoms with Crippen LogP contribution in [0.15, 0.2) is 24.3 Å². The largest absolute Gasteiger partial charge is 0.396 e. The van der Waals surface area contributed by atoms with E-state index in [1.54, 1.807) is 0 Å². The zero-order valence-electron chi connectivity index (χ0n) is 11.6. The first-order valence-corrected chi connectivity index (χ1v) is 7.26. The highest BCUT2D eigenvalue weighted by atomic mass is 32.1. The minimum Gasteiger partial charge on any atom is -0.396 e. The number of nitrogens with one attached hydrogen (secondary N) is 1. The number of carbonyl (C=O) groups excluding carboxylic acids is 1. The lowest BCUT2D eigenvalue weighted by Crippen LogP contribution is -2.15. The molecule has 108 valence electrons. The lowest BCUT2D eigenvalue weighted by molar-refractivity contribution is 0.100. The van der Waals surface area contributed by atoms with Gasteiger partial charge in [0.25, 0.3) is 5.91 Å². The number of aryl methyl sites for hydroxylation is 1. The number of nitrogens with zero attached hydrogens (tertiary/aromatic N) is 1. The number of hydrogen-bond acceptors (Lipinski definition) is 5. The minimum absolute atomic E-state index is 0.160. The number of nitriles is 1. The Kier molecular flexibility index (Phi) is 4.45. The van der Waals surface area contributed by atoms with Crippen LogP contribution < -0.4 is 16.8 Å². The van der Waals surface area contributed by atoms with Gasteiger partial charge in [0, 0.05) is 6.54 Å². The van der Waals surface area contributed by atoms with Crippen LogP contribution in [0.1, 0.15) is 26.4 Å². The maximum atomic E-state index is 11.4. The average Bonchev–Trinajstić information content (AvgIpc) is 2.75. The van der Waals surface area contributed by atoms with E-state index in [9.17, 15) is 4.79 Å². The second kappa shape index (κ2) is 6.29. The predicted molar refractivity (Wildman–Crippen MR) is 85.3 cm³/mol. The minimum atomic E-state index is -0.622. The van der Waals surface area contributed by atoms with Crippen molar-refractivity contribution >= 4 is 27.9 Å². The van der Waals surface area contributed by atoms with E-state index in [-0.39, 0.29) is 11.3 Å². The first kappa shape index (κ1) is 14.9. The van der Waals surface area contributed by atoms with Crippen LogP contribution in [-0.4, -0.2) is 12.5 Å². The highest BCUT2D eigenvalue weighted by Gasteiger charge is 2.19. The highest BCUT2D eigenvalue weighted by molar-refractivity contribution is 7.17. The van der Waals surface area contributed by atoms with Crippen molar-refractivity contribution in [1.29, 1.82) is 5.26 Å². The van der Waals surface area contributed by atoms with Crippen LogP contribution in [-0.2, 0) is 6.42 Å². The van der Waals surface area contributed by atoms with Crippen molar-refractivity contribution in [2.24, 2.45) is 5.73 Å². The summed E-state index contributed by atoms with van der Waals surface area (Å²) in [6.45, 7) is 2.68. The zero-order chi connectivity index (χ0) is 15.4. The average molecular weight is 300 g/mol. The number of thiophene rings is 1. The molecule has 0 radical (unpaired) electrons. The fraction of sp³-hybridized carbons (Fsp3) is 0.200. The van der Waals surface area contributed by atoms with Crippen molar-refractivity contribution in [2.75, 3.05) is 17.6 Å². The van der Waals surface area contributed by atoms with Gasteiger partial charge >= 0.3 is 0 Å². The first-order chi connectivity index (χ1) is 10.0. The molecule has 0 atom stereocenters. The maximum Gasteiger partial charge on any atom is 0.253 e. The van der Waals surface area contributed by atoms with E-state index in [0.717, 1.165) is 17.8 Å². The Bertz CT molecular complexity index is 715. The molecule has 0 saturated heterocycles. The summed E-state index contributed by atoms with van der Waals surface area (Å²) in [5.74, 6) is -0.622. The summed E-state index contributed by atoms with van der Waals surface area (Å²) in [5.41, 5.74) is 13.9. The summed E-state index contributed by atoms with van der Waals surface area (Å²) in [5, 5.41) is 12.7. The number of primary amides is 1. The molecular weight excluding hydrogens is 284 g/mol. The molecule has 21 heavy (non-hydrogen) atoms. The van der Waals surface area contributed by atoms with Crippen molar-refractivity contribution < 1.29 is 4.79 Å².